The van der Waals surface area contributed by atoms with Crippen molar-refractivity contribution in [1.29, 1.82) is 0 Å². The predicted octanol–water partition coefficient (Wildman–Crippen LogP) is 1.59. The highest BCUT2D eigenvalue weighted by atomic mass is 79.9. The molecule has 0 bridgehead atoms. The van der Waals surface area contributed by atoms with Gasteiger partial charge in [0.25, 0.3) is 5.91 Å². The van der Waals surface area contributed by atoms with Gasteiger partial charge in [-0.3, -0.25) is 4.79 Å². The fourth-order valence-corrected chi connectivity index (χ4v) is 3.52. The summed E-state index contributed by atoms with van der Waals surface area (Å²) >= 11 is 3.10. The molecule has 1 aliphatic heterocycles. The summed E-state index contributed by atoms with van der Waals surface area (Å²) in [6.07, 6.45) is 1.55. The van der Waals surface area contributed by atoms with Gasteiger partial charge in [0.2, 0.25) is 0 Å². The fourth-order valence-electron chi connectivity index (χ4n) is 2.13. The molecule has 0 spiro atoms. The van der Waals surface area contributed by atoms with Crippen molar-refractivity contribution in [2.45, 2.75) is 17.4 Å². The fraction of sp³-hybridized carbons (Fsp3) is 0.417. The van der Waals surface area contributed by atoms with Crippen LogP contribution in [-0.4, -0.2) is 44.6 Å². The maximum absolute atomic E-state index is 14.3. The van der Waals surface area contributed by atoms with Crippen LogP contribution >= 0.6 is 28.3 Å². The van der Waals surface area contributed by atoms with E-state index < -0.39 is 26.5 Å². The van der Waals surface area contributed by atoms with Crippen molar-refractivity contribution >= 4 is 44.1 Å². The Labute approximate surface area is 137 Å². The zero-order valence-electron chi connectivity index (χ0n) is 11.2. The summed E-state index contributed by atoms with van der Waals surface area (Å²) in [5.41, 5.74) is 5.46. The molecule has 1 aromatic rings. The second kappa shape index (κ2) is 6.60. The largest absolute Gasteiger partial charge is 0.337 e. The molecule has 2 rings (SSSR count). The summed E-state index contributed by atoms with van der Waals surface area (Å²) in [5.74, 6) is -1.55. The molecular formula is C12H15BrClFN2O3S. The van der Waals surface area contributed by atoms with Crippen LogP contribution in [0.4, 0.5) is 4.39 Å². The maximum Gasteiger partial charge on any atom is 0.256 e. The Kier molecular flexibility index (Phi) is 5.76. The molecule has 21 heavy (non-hydrogen) atoms. The van der Waals surface area contributed by atoms with E-state index in [4.69, 9.17) is 5.73 Å². The number of rotatable bonds is 2. The lowest BCUT2D eigenvalue weighted by Crippen LogP contribution is -2.32. The number of hydrogen-bond acceptors (Lipinski definition) is 4. The first-order valence-corrected chi connectivity index (χ1v) is 8.62. The van der Waals surface area contributed by atoms with Crippen LogP contribution in [0, 0.1) is 5.82 Å². The third kappa shape index (κ3) is 3.94. The van der Waals surface area contributed by atoms with Gasteiger partial charge in [-0.05, 0) is 18.6 Å². The topological polar surface area (TPSA) is 80.5 Å². The molecule has 118 valence electrons. The highest BCUT2D eigenvalue weighted by Crippen LogP contribution is 2.26. The first kappa shape index (κ1) is 18.3. The van der Waals surface area contributed by atoms with E-state index in [1.165, 1.54) is 11.0 Å². The van der Waals surface area contributed by atoms with E-state index in [2.05, 4.69) is 15.9 Å². The molecule has 2 N–H and O–H groups in total. The van der Waals surface area contributed by atoms with Crippen molar-refractivity contribution in [3.63, 3.8) is 0 Å². The Morgan fingerprint density at radius 3 is 2.57 bits per heavy atom. The van der Waals surface area contributed by atoms with Crippen LogP contribution in [0.2, 0.25) is 0 Å². The Morgan fingerprint density at radius 2 is 2.10 bits per heavy atom. The average Bonchev–Trinajstić information content (AvgIpc) is 2.76. The third-order valence-corrected chi connectivity index (χ3v) is 4.70. The van der Waals surface area contributed by atoms with Gasteiger partial charge in [0.05, 0.1) is 5.56 Å². The summed E-state index contributed by atoms with van der Waals surface area (Å²) < 4.78 is 37.7. The van der Waals surface area contributed by atoms with Crippen LogP contribution in [0.3, 0.4) is 0 Å². The van der Waals surface area contributed by atoms with E-state index in [1.54, 1.807) is 0 Å². The number of carbonyl (C=O) groups excluding carboxylic acids is 1. The number of hydrogen-bond donors (Lipinski definition) is 1. The van der Waals surface area contributed by atoms with E-state index in [1.807, 2.05) is 0 Å². The normalized spacial score (nSPS) is 18.5. The monoisotopic (exact) mass is 400 g/mol. The maximum atomic E-state index is 14.3. The molecule has 1 aromatic carbocycles. The van der Waals surface area contributed by atoms with Gasteiger partial charge in [-0.2, -0.15) is 0 Å². The van der Waals surface area contributed by atoms with Crippen LogP contribution in [0.25, 0.3) is 0 Å². The van der Waals surface area contributed by atoms with E-state index in [9.17, 15) is 17.6 Å². The van der Waals surface area contributed by atoms with E-state index in [0.717, 1.165) is 12.3 Å². The first-order valence-electron chi connectivity index (χ1n) is 5.94. The number of halogens is 3. The molecule has 0 unspecified atom stereocenters. The minimum atomic E-state index is -3.75. The molecule has 1 heterocycles. The molecule has 9 heteroatoms. The second-order valence-corrected chi connectivity index (χ2v) is 7.74. The van der Waals surface area contributed by atoms with Gasteiger partial charge in [0, 0.05) is 29.9 Å². The minimum Gasteiger partial charge on any atom is -0.337 e. The SMILES string of the molecule is CS(=O)(=O)c1cc(Br)cc(C(=O)N2CC[C@@H](N)C2)c1F.Cl. The van der Waals surface area contributed by atoms with Crippen molar-refractivity contribution < 1.29 is 17.6 Å². The number of nitrogens with two attached hydrogens (primary N) is 1. The molecular weight excluding hydrogens is 387 g/mol. The van der Waals surface area contributed by atoms with E-state index >= 15 is 0 Å². The number of amides is 1. The van der Waals surface area contributed by atoms with Crippen LogP contribution in [-0.2, 0) is 9.84 Å². The van der Waals surface area contributed by atoms with Crippen molar-refractivity contribution in [2.75, 3.05) is 19.3 Å². The number of benzene rings is 1. The van der Waals surface area contributed by atoms with Crippen LogP contribution < -0.4 is 5.73 Å². The summed E-state index contributed by atoms with van der Waals surface area (Å²) in [7, 11) is -3.75. The Bertz CT molecular complexity index is 669. The van der Waals surface area contributed by atoms with Gasteiger partial charge in [-0.1, -0.05) is 15.9 Å². The standard InChI is InChI=1S/C12H14BrFN2O3S.ClH/c1-20(18,19)10-5-7(13)4-9(11(10)14)12(17)16-3-2-8(15)6-16;/h4-5,8H,2-3,6,15H2,1H3;1H/t8-;/m1./s1. The van der Waals surface area contributed by atoms with Crippen molar-refractivity contribution in [2.24, 2.45) is 5.73 Å². The number of sulfone groups is 1. The molecule has 5 nitrogen and oxygen atoms in total. The lowest BCUT2D eigenvalue weighted by molar-refractivity contribution is 0.0785. The lowest BCUT2D eigenvalue weighted by Gasteiger charge is -2.17. The zero-order valence-corrected chi connectivity index (χ0v) is 14.4. The van der Waals surface area contributed by atoms with Gasteiger partial charge < -0.3 is 10.6 Å². The Morgan fingerprint density at radius 1 is 1.48 bits per heavy atom. The van der Waals surface area contributed by atoms with E-state index in [-0.39, 0.29) is 24.0 Å². The van der Waals surface area contributed by atoms with Gasteiger partial charge in [-0.25, -0.2) is 12.8 Å². The van der Waals surface area contributed by atoms with Gasteiger partial charge in [0.1, 0.15) is 4.90 Å². The second-order valence-electron chi connectivity index (χ2n) is 4.84. The average molecular weight is 402 g/mol. The highest BCUT2D eigenvalue weighted by Gasteiger charge is 2.29. The molecule has 0 radical (unpaired) electrons. The van der Waals surface area contributed by atoms with Crippen molar-refractivity contribution in [3.05, 3.63) is 28.0 Å². The minimum absolute atomic E-state index is 0. The van der Waals surface area contributed by atoms with Crippen molar-refractivity contribution in [3.8, 4) is 0 Å². The summed E-state index contributed by atoms with van der Waals surface area (Å²) in [6, 6.07) is 2.32. The highest BCUT2D eigenvalue weighted by molar-refractivity contribution is 9.10. The molecule has 1 amide bonds. The number of likely N-dealkylation sites (tertiary alicyclic amines) is 1. The Balaban J connectivity index is 0.00000220. The third-order valence-electron chi connectivity index (χ3n) is 3.15. The van der Waals surface area contributed by atoms with Gasteiger partial charge >= 0.3 is 0 Å². The smallest absolute Gasteiger partial charge is 0.256 e. The summed E-state index contributed by atoms with van der Waals surface area (Å²) in [5, 5.41) is 0. The number of nitrogens with zero attached hydrogens (tertiary/aromatic N) is 1. The molecule has 1 saturated heterocycles. The molecule has 1 aliphatic rings. The Hall–Kier alpha value is -0.700. The van der Waals surface area contributed by atoms with Crippen LogP contribution in [0.5, 0.6) is 0 Å². The van der Waals surface area contributed by atoms with Gasteiger partial charge in [0.15, 0.2) is 15.7 Å². The quantitative estimate of drug-likeness (QED) is 0.816. The van der Waals surface area contributed by atoms with Crippen LogP contribution in [0.15, 0.2) is 21.5 Å². The van der Waals surface area contributed by atoms with Gasteiger partial charge in [-0.15, -0.1) is 12.4 Å². The molecule has 1 atom stereocenters. The van der Waals surface area contributed by atoms with Crippen LogP contribution in [0.1, 0.15) is 16.8 Å². The molecule has 1 fully saturated rings. The number of carbonyl (C=O) groups is 1. The zero-order chi connectivity index (χ0) is 15.1. The van der Waals surface area contributed by atoms with Crippen molar-refractivity contribution in [1.82, 2.24) is 4.90 Å². The summed E-state index contributed by atoms with van der Waals surface area (Å²) in [4.78, 5) is 13.2. The molecule has 0 aliphatic carbocycles. The van der Waals surface area contributed by atoms with E-state index in [0.29, 0.717) is 24.0 Å². The first-order chi connectivity index (χ1) is 9.20. The molecule has 0 saturated carbocycles. The lowest BCUT2D eigenvalue weighted by atomic mass is 10.2. The summed E-state index contributed by atoms with van der Waals surface area (Å²) in [6.45, 7) is 0.791. The molecule has 0 aromatic heterocycles. The predicted molar refractivity (Wildman–Crippen MR) is 83.0 cm³/mol.